The largest absolute Gasteiger partial charge is 0.354 e. The molecule has 26 heavy (non-hydrogen) atoms. The van der Waals surface area contributed by atoms with E-state index in [-0.39, 0.29) is 11.8 Å². The summed E-state index contributed by atoms with van der Waals surface area (Å²) in [7, 11) is 0. The third kappa shape index (κ3) is 3.85. The zero-order valence-electron chi connectivity index (χ0n) is 15.1. The van der Waals surface area contributed by atoms with Crippen LogP contribution >= 0.6 is 0 Å². The summed E-state index contributed by atoms with van der Waals surface area (Å²) in [4.78, 5) is 21.6. The summed E-state index contributed by atoms with van der Waals surface area (Å²) in [5.41, 5.74) is 1.67. The topological polar surface area (TPSA) is 60.2 Å². The molecule has 1 unspecified atom stereocenters. The average molecular weight is 348 g/mol. The number of nitrogens with zero attached hydrogens (tertiary/aromatic N) is 4. The van der Waals surface area contributed by atoms with Gasteiger partial charge >= 0.3 is 0 Å². The summed E-state index contributed by atoms with van der Waals surface area (Å²) in [5.74, 6) is 0.828. The van der Waals surface area contributed by atoms with Crippen LogP contribution in [0.4, 0.5) is 5.82 Å². The van der Waals surface area contributed by atoms with Crippen molar-refractivity contribution in [1.29, 1.82) is 5.26 Å². The summed E-state index contributed by atoms with van der Waals surface area (Å²) in [6, 6.07) is 15.8. The first-order chi connectivity index (χ1) is 12.7. The van der Waals surface area contributed by atoms with E-state index in [9.17, 15) is 10.1 Å². The number of amides is 1. The van der Waals surface area contributed by atoms with Crippen LogP contribution in [0.25, 0.3) is 0 Å². The van der Waals surface area contributed by atoms with Crippen LogP contribution in [-0.4, -0.2) is 42.0 Å². The van der Waals surface area contributed by atoms with Crippen molar-refractivity contribution >= 4 is 11.7 Å². The summed E-state index contributed by atoms with van der Waals surface area (Å²) in [6.07, 6.45) is 3.38. The van der Waals surface area contributed by atoms with E-state index in [0.717, 1.165) is 37.3 Å². The van der Waals surface area contributed by atoms with E-state index in [1.165, 1.54) is 0 Å². The van der Waals surface area contributed by atoms with Crippen molar-refractivity contribution in [2.75, 3.05) is 31.1 Å². The normalized spacial score (nSPS) is 15.8. The van der Waals surface area contributed by atoms with Crippen LogP contribution in [0, 0.1) is 11.3 Å². The quantitative estimate of drug-likeness (QED) is 0.851. The van der Waals surface area contributed by atoms with E-state index in [1.54, 1.807) is 18.3 Å². The van der Waals surface area contributed by atoms with Gasteiger partial charge in [-0.05, 0) is 30.5 Å². The summed E-state index contributed by atoms with van der Waals surface area (Å²) < 4.78 is 0. The van der Waals surface area contributed by atoms with Crippen molar-refractivity contribution < 1.29 is 4.79 Å². The maximum Gasteiger partial charge on any atom is 0.230 e. The third-order valence-electron chi connectivity index (χ3n) is 4.92. The predicted molar refractivity (Wildman–Crippen MR) is 102 cm³/mol. The molecular formula is C21H24N4O. The minimum Gasteiger partial charge on any atom is -0.354 e. The van der Waals surface area contributed by atoms with Crippen molar-refractivity contribution in [2.45, 2.75) is 25.7 Å². The molecule has 5 nitrogen and oxygen atoms in total. The number of benzene rings is 1. The molecule has 0 spiro atoms. The lowest BCUT2D eigenvalue weighted by molar-refractivity contribution is -0.132. The van der Waals surface area contributed by atoms with E-state index in [2.05, 4.69) is 22.9 Å². The molecule has 1 atom stereocenters. The Bertz CT molecular complexity index is 784. The Morgan fingerprint density at radius 1 is 1.15 bits per heavy atom. The van der Waals surface area contributed by atoms with Gasteiger partial charge in [0.2, 0.25) is 5.91 Å². The summed E-state index contributed by atoms with van der Waals surface area (Å²) in [6.45, 7) is 4.96. The highest BCUT2D eigenvalue weighted by Gasteiger charge is 2.27. The first-order valence-electron chi connectivity index (χ1n) is 9.18. The Morgan fingerprint density at radius 3 is 2.69 bits per heavy atom. The fraction of sp³-hybridized carbons (Fsp3) is 0.381. The number of carbonyl (C=O) groups excluding carboxylic acids is 1. The molecule has 1 aliphatic heterocycles. The van der Waals surface area contributed by atoms with E-state index < -0.39 is 0 Å². The number of hydrogen-bond donors (Lipinski definition) is 0. The van der Waals surface area contributed by atoms with Crippen LogP contribution in [0.15, 0.2) is 48.7 Å². The molecule has 0 aliphatic carbocycles. The molecule has 0 bridgehead atoms. The second-order valence-corrected chi connectivity index (χ2v) is 6.52. The molecule has 1 saturated heterocycles. The van der Waals surface area contributed by atoms with Crippen LogP contribution in [0.5, 0.6) is 0 Å². The van der Waals surface area contributed by atoms with E-state index >= 15 is 0 Å². The maximum absolute atomic E-state index is 13.1. The molecule has 2 aromatic rings. The SMILES string of the molecule is CCC(C(=O)N1CCCN(c2ncccc2C#N)CC1)c1ccccc1. The molecular weight excluding hydrogens is 324 g/mol. The lowest BCUT2D eigenvalue weighted by atomic mass is 9.95. The maximum atomic E-state index is 13.1. The number of aromatic nitrogens is 1. The molecule has 1 aliphatic rings. The lowest BCUT2D eigenvalue weighted by Gasteiger charge is -2.26. The second kappa shape index (κ2) is 8.48. The number of carbonyl (C=O) groups is 1. The highest BCUT2D eigenvalue weighted by atomic mass is 16.2. The van der Waals surface area contributed by atoms with Crippen molar-refractivity contribution in [3.63, 3.8) is 0 Å². The monoisotopic (exact) mass is 348 g/mol. The number of nitriles is 1. The molecule has 3 rings (SSSR count). The van der Waals surface area contributed by atoms with Gasteiger partial charge in [-0.15, -0.1) is 0 Å². The minimum atomic E-state index is -0.0905. The van der Waals surface area contributed by atoms with Gasteiger partial charge in [0.1, 0.15) is 11.9 Å². The molecule has 1 aromatic heterocycles. The molecule has 5 heteroatoms. The Hall–Kier alpha value is -2.87. The van der Waals surface area contributed by atoms with Gasteiger partial charge in [-0.25, -0.2) is 4.98 Å². The molecule has 1 aromatic carbocycles. The molecule has 2 heterocycles. The number of anilines is 1. The third-order valence-corrected chi connectivity index (χ3v) is 4.92. The molecule has 1 fully saturated rings. The van der Waals surface area contributed by atoms with Gasteiger partial charge in [-0.1, -0.05) is 37.3 Å². The molecule has 0 radical (unpaired) electrons. The van der Waals surface area contributed by atoms with Gasteiger partial charge in [-0.2, -0.15) is 5.26 Å². The van der Waals surface area contributed by atoms with Crippen molar-refractivity contribution in [1.82, 2.24) is 9.88 Å². The Kier molecular flexibility index (Phi) is 5.85. The fourth-order valence-corrected chi connectivity index (χ4v) is 3.54. The first-order valence-corrected chi connectivity index (χ1v) is 9.18. The van der Waals surface area contributed by atoms with Gasteiger partial charge in [-0.3, -0.25) is 4.79 Å². The molecule has 1 amide bonds. The van der Waals surface area contributed by atoms with Gasteiger partial charge in [0.15, 0.2) is 0 Å². The highest BCUT2D eigenvalue weighted by molar-refractivity contribution is 5.83. The van der Waals surface area contributed by atoms with Crippen LogP contribution in [0.1, 0.15) is 36.8 Å². The van der Waals surface area contributed by atoms with Crippen LogP contribution in [0.2, 0.25) is 0 Å². The average Bonchev–Trinajstić information content (AvgIpc) is 2.95. The summed E-state index contributed by atoms with van der Waals surface area (Å²) >= 11 is 0. The molecule has 0 N–H and O–H groups in total. The zero-order chi connectivity index (χ0) is 18.4. The Morgan fingerprint density at radius 2 is 1.96 bits per heavy atom. The van der Waals surface area contributed by atoms with Crippen LogP contribution in [-0.2, 0) is 4.79 Å². The van der Waals surface area contributed by atoms with Gasteiger partial charge in [0.25, 0.3) is 0 Å². The smallest absolute Gasteiger partial charge is 0.230 e. The van der Waals surface area contributed by atoms with Gasteiger partial charge in [0, 0.05) is 32.4 Å². The second-order valence-electron chi connectivity index (χ2n) is 6.52. The standard InChI is InChI=1S/C21H24N4O/c1-2-19(17-8-4-3-5-9-17)21(26)25-13-7-12-24(14-15-25)20-18(16-22)10-6-11-23-20/h3-6,8-11,19H,2,7,12-15H2,1H3. The predicted octanol–water partition coefficient (Wildman–Crippen LogP) is 3.19. The molecule has 134 valence electrons. The first kappa shape index (κ1) is 17.9. The van der Waals surface area contributed by atoms with Crippen LogP contribution < -0.4 is 4.90 Å². The van der Waals surface area contributed by atoms with E-state index in [4.69, 9.17) is 0 Å². The Balaban J connectivity index is 1.72. The minimum absolute atomic E-state index is 0.0905. The Labute approximate surface area is 154 Å². The van der Waals surface area contributed by atoms with Crippen molar-refractivity contribution in [3.8, 4) is 6.07 Å². The van der Waals surface area contributed by atoms with Gasteiger partial charge in [0.05, 0.1) is 11.5 Å². The van der Waals surface area contributed by atoms with Crippen LogP contribution in [0.3, 0.4) is 0 Å². The van der Waals surface area contributed by atoms with Crippen molar-refractivity contribution in [2.24, 2.45) is 0 Å². The molecule has 0 saturated carbocycles. The number of hydrogen-bond acceptors (Lipinski definition) is 4. The van der Waals surface area contributed by atoms with E-state index in [1.807, 2.05) is 35.2 Å². The van der Waals surface area contributed by atoms with Gasteiger partial charge < -0.3 is 9.80 Å². The summed E-state index contributed by atoms with van der Waals surface area (Å²) in [5, 5.41) is 9.31. The zero-order valence-corrected chi connectivity index (χ0v) is 15.1. The van der Waals surface area contributed by atoms with E-state index in [0.29, 0.717) is 18.7 Å². The highest BCUT2D eigenvalue weighted by Crippen LogP contribution is 2.24. The number of pyridine rings is 1. The fourth-order valence-electron chi connectivity index (χ4n) is 3.54. The number of rotatable bonds is 4. The van der Waals surface area contributed by atoms with Crippen molar-refractivity contribution in [3.05, 3.63) is 59.8 Å². The lowest BCUT2D eigenvalue weighted by Crippen LogP contribution is -2.38.